The summed E-state index contributed by atoms with van der Waals surface area (Å²) in [4.78, 5) is 19.0. The minimum absolute atomic E-state index is 0.270. The van der Waals surface area contributed by atoms with E-state index in [1.54, 1.807) is 31.5 Å². The number of nitrogens with zero attached hydrogens (tertiary/aromatic N) is 2. The first-order valence-corrected chi connectivity index (χ1v) is 9.98. The van der Waals surface area contributed by atoms with Gasteiger partial charge in [-0.3, -0.25) is 9.78 Å². The Morgan fingerprint density at radius 2 is 2.17 bits per heavy atom. The maximum atomic E-state index is 13.7. The van der Waals surface area contributed by atoms with Crippen molar-refractivity contribution in [3.63, 3.8) is 0 Å². The zero-order valence-electron chi connectivity index (χ0n) is 16.5. The molecule has 7 heteroatoms. The Labute approximate surface area is 169 Å². The summed E-state index contributed by atoms with van der Waals surface area (Å²) in [6, 6.07) is 7.93. The van der Waals surface area contributed by atoms with Crippen molar-refractivity contribution in [2.24, 2.45) is 0 Å². The first kappa shape index (κ1) is 19.6. The lowest BCUT2D eigenvalue weighted by Gasteiger charge is -2.31. The Morgan fingerprint density at radius 1 is 1.34 bits per heavy atom. The number of halogens is 2. The van der Waals surface area contributed by atoms with E-state index in [0.29, 0.717) is 30.8 Å². The molecule has 1 atom stereocenters. The van der Waals surface area contributed by atoms with Gasteiger partial charge in [-0.05, 0) is 68.0 Å². The van der Waals surface area contributed by atoms with Crippen LogP contribution in [0.1, 0.15) is 41.7 Å². The summed E-state index contributed by atoms with van der Waals surface area (Å²) in [6.45, 7) is 1.11. The highest BCUT2D eigenvalue weighted by Crippen LogP contribution is 2.41. The van der Waals surface area contributed by atoms with E-state index in [2.05, 4.69) is 10.3 Å². The topological polar surface area (TPSA) is 54.5 Å². The van der Waals surface area contributed by atoms with Crippen LogP contribution >= 0.6 is 0 Å². The van der Waals surface area contributed by atoms with Crippen LogP contribution in [0.25, 0.3) is 0 Å². The van der Waals surface area contributed by atoms with Crippen molar-refractivity contribution in [2.45, 2.75) is 43.8 Å². The number of aromatic nitrogens is 1. The lowest BCUT2D eigenvalue weighted by atomic mass is 10.0. The molecule has 5 nitrogen and oxygen atoms in total. The fourth-order valence-electron chi connectivity index (χ4n) is 3.95. The molecule has 154 valence electrons. The van der Waals surface area contributed by atoms with E-state index in [1.807, 2.05) is 4.90 Å². The lowest BCUT2D eigenvalue weighted by Crippen LogP contribution is -2.39. The second-order valence-corrected chi connectivity index (χ2v) is 7.95. The molecule has 2 fully saturated rings. The van der Waals surface area contributed by atoms with E-state index in [1.165, 1.54) is 12.1 Å². The fraction of sp³-hybridized carbons (Fsp3) is 0.455. The number of alkyl halides is 1. The monoisotopic (exact) mass is 401 g/mol. The lowest BCUT2D eigenvalue weighted by molar-refractivity contribution is 0.0926. The Morgan fingerprint density at radius 3 is 2.90 bits per heavy atom. The molecule has 1 aromatic heterocycles. The minimum atomic E-state index is -0.842. The summed E-state index contributed by atoms with van der Waals surface area (Å²) in [5, 5.41) is 3.07. The summed E-state index contributed by atoms with van der Waals surface area (Å²) in [5.41, 5.74) is 1.43. The second kappa shape index (κ2) is 7.97. The molecule has 1 aliphatic carbocycles. The van der Waals surface area contributed by atoms with Crippen LogP contribution in [0.5, 0.6) is 5.75 Å². The molecular formula is C22H25F2N3O2. The van der Waals surface area contributed by atoms with Crippen LogP contribution in [0.15, 0.2) is 36.5 Å². The number of carbonyl (C=O) groups is 1. The van der Waals surface area contributed by atoms with Gasteiger partial charge in [0.1, 0.15) is 23.4 Å². The van der Waals surface area contributed by atoms with Gasteiger partial charge >= 0.3 is 0 Å². The van der Waals surface area contributed by atoms with Crippen LogP contribution in [-0.4, -0.2) is 42.8 Å². The summed E-state index contributed by atoms with van der Waals surface area (Å²) >= 11 is 0. The summed E-state index contributed by atoms with van der Waals surface area (Å²) in [5.74, 6) is 0.0106. The average Bonchev–Trinajstić information content (AvgIpc) is 3.47. The van der Waals surface area contributed by atoms with E-state index >= 15 is 0 Å². The number of hydrogen-bond acceptors (Lipinski definition) is 4. The maximum absolute atomic E-state index is 13.7. The van der Waals surface area contributed by atoms with E-state index in [9.17, 15) is 13.6 Å². The van der Waals surface area contributed by atoms with E-state index in [4.69, 9.17) is 4.74 Å². The van der Waals surface area contributed by atoms with Crippen molar-refractivity contribution in [1.82, 2.24) is 10.3 Å². The molecule has 2 aromatic rings. The Kier molecular flexibility index (Phi) is 5.39. The van der Waals surface area contributed by atoms with Crippen LogP contribution in [0.3, 0.4) is 0 Å². The highest BCUT2D eigenvalue weighted by atomic mass is 19.1. The number of benzene rings is 1. The molecule has 2 aliphatic rings. The number of methoxy groups -OCH3 is 1. The molecule has 29 heavy (non-hydrogen) atoms. The SMILES string of the molecule is COc1ccc(F)cc1CC1(NC(=O)c2cc(N3CCC[C@H](F)C3)ccn2)CC1. The molecule has 0 radical (unpaired) electrons. The van der Waals surface area contributed by atoms with Crippen LogP contribution < -0.4 is 15.0 Å². The third kappa shape index (κ3) is 4.49. The van der Waals surface area contributed by atoms with Gasteiger partial charge in [-0.2, -0.15) is 0 Å². The molecule has 4 rings (SSSR count). The van der Waals surface area contributed by atoms with Gasteiger partial charge in [0.05, 0.1) is 7.11 Å². The van der Waals surface area contributed by atoms with Gasteiger partial charge in [0.2, 0.25) is 0 Å². The van der Waals surface area contributed by atoms with Crippen molar-refractivity contribution in [3.8, 4) is 5.75 Å². The highest BCUT2D eigenvalue weighted by molar-refractivity contribution is 5.94. The van der Waals surface area contributed by atoms with Gasteiger partial charge in [0, 0.05) is 30.5 Å². The maximum Gasteiger partial charge on any atom is 0.270 e. The van der Waals surface area contributed by atoms with Crippen LogP contribution in [0.4, 0.5) is 14.5 Å². The number of amides is 1. The molecule has 1 aliphatic heterocycles. The van der Waals surface area contributed by atoms with Gasteiger partial charge in [0.15, 0.2) is 0 Å². The average molecular weight is 401 g/mol. The first-order valence-electron chi connectivity index (χ1n) is 9.98. The smallest absolute Gasteiger partial charge is 0.270 e. The Bertz CT molecular complexity index is 901. The number of anilines is 1. The molecular weight excluding hydrogens is 376 g/mol. The predicted octanol–water partition coefficient (Wildman–Crippen LogP) is 3.67. The van der Waals surface area contributed by atoms with Crippen molar-refractivity contribution in [2.75, 3.05) is 25.1 Å². The molecule has 1 saturated heterocycles. The van der Waals surface area contributed by atoms with Crippen LogP contribution in [0.2, 0.25) is 0 Å². The summed E-state index contributed by atoms with van der Waals surface area (Å²) in [6.07, 6.45) is 4.24. The van der Waals surface area contributed by atoms with E-state index in [-0.39, 0.29) is 11.7 Å². The number of ether oxygens (including phenoxy) is 1. The van der Waals surface area contributed by atoms with E-state index < -0.39 is 11.7 Å². The number of pyridine rings is 1. The molecule has 1 amide bonds. The summed E-state index contributed by atoms with van der Waals surface area (Å²) < 4.78 is 32.7. The van der Waals surface area contributed by atoms with Crippen LogP contribution in [-0.2, 0) is 6.42 Å². The molecule has 1 aromatic carbocycles. The highest BCUT2D eigenvalue weighted by Gasteiger charge is 2.45. The Hall–Kier alpha value is -2.70. The number of hydrogen-bond donors (Lipinski definition) is 1. The third-order valence-corrected chi connectivity index (χ3v) is 5.71. The first-order chi connectivity index (χ1) is 14.0. The van der Waals surface area contributed by atoms with Gasteiger partial charge in [-0.25, -0.2) is 8.78 Å². The van der Waals surface area contributed by atoms with Gasteiger partial charge < -0.3 is 15.0 Å². The van der Waals surface area contributed by atoms with Crippen molar-refractivity contribution in [1.29, 1.82) is 0 Å². The predicted molar refractivity (Wildman–Crippen MR) is 107 cm³/mol. The molecule has 0 bridgehead atoms. The number of piperidine rings is 1. The zero-order chi connectivity index (χ0) is 20.4. The van der Waals surface area contributed by atoms with Gasteiger partial charge in [0.25, 0.3) is 5.91 Å². The normalized spacial score (nSPS) is 20.2. The Balaban J connectivity index is 1.47. The minimum Gasteiger partial charge on any atom is -0.496 e. The summed E-state index contributed by atoms with van der Waals surface area (Å²) in [7, 11) is 1.55. The quantitative estimate of drug-likeness (QED) is 0.803. The van der Waals surface area contributed by atoms with Gasteiger partial charge in [-0.15, -0.1) is 0 Å². The van der Waals surface area contributed by atoms with E-state index in [0.717, 1.165) is 37.1 Å². The number of nitrogens with one attached hydrogen (secondary N) is 1. The number of carbonyl (C=O) groups excluding carboxylic acids is 1. The van der Waals surface area contributed by atoms with Crippen molar-refractivity contribution >= 4 is 11.6 Å². The van der Waals surface area contributed by atoms with Crippen LogP contribution in [0, 0.1) is 5.82 Å². The van der Waals surface area contributed by atoms with Crippen molar-refractivity contribution < 1.29 is 18.3 Å². The standard InChI is InChI=1S/C22H25F2N3O2/c1-29-20-5-4-16(23)11-15(20)13-22(7-8-22)26-21(28)19-12-18(6-9-25-19)27-10-2-3-17(24)14-27/h4-6,9,11-12,17H,2-3,7-8,10,13-14H2,1H3,(H,26,28)/t17-/m0/s1. The molecule has 1 N–H and O–H groups in total. The molecule has 2 heterocycles. The zero-order valence-corrected chi connectivity index (χ0v) is 16.5. The van der Waals surface area contributed by atoms with Crippen molar-refractivity contribution in [3.05, 3.63) is 53.6 Å². The fourth-order valence-corrected chi connectivity index (χ4v) is 3.95. The van der Waals surface area contributed by atoms with Gasteiger partial charge in [-0.1, -0.05) is 0 Å². The largest absolute Gasteiger partial charge is 0.496 e. The molecule has 0 unspecified atom stereocenters. The number of rotatable bonds is 6. The molecule has 1 saturated carbocycles. The third-order valence-electron chi connectivity index (χ3n) is 5.71. The molecule has 0 spiro atoms. The second-order valence-electron chi connectivity index (χ2n) is 7.95.